The summed E-state index contributed by atoms with van der Waals surface area (Å²) >= 11 is 6.04. The highest BCUT2D eigenvalue weighted by molar-refractivity contribution is 6.30. The van der Waals surface area contributed by atoms with Gasteiger partial charge in [-0.2, -0.15) is 0 Å². The predicted molar refractivity (Wildman–Crippen MR) is 116 cm³/mol. The molecule has 0 spiro atoms. The average molecular weight is 435 g/mol. The number of aryl methyl sites for hydroxylation is 1. The molecule has 1 N–H and O–H groups in total. The largest absolute Gasteiger partial charge is 0.352 e. The first kappa shape index (κ1) is 21.3. The molecule has 0 unspecified atom stereocenters. The van der Waals surface area contributed by atoms with E-state index in [0.29, 0.717) is 40.4 Å². The van der Waals surface area contributed by atoms with E-state index in [9.17, 15) is 9.18 Å². The van der Waals surface area contributed by atoms with Crippen molar-refractivity contribution in [1.82, 2.24) is 14.9 Å². The highest BCUT2D eigenvalue weighted by atomic mass is 35.5. The lowest BCUT2D eigenvalue weighted by Gasteiger charge is -2.27. The summed E-state index contributed by atoms with van der Waals surface area (Å²) in [6.07, 6.45) is 4.62. The Kier molecular flexibility index (Phi) is 6.55. The van der Waals surface area contributed by atoms with E-state index in [1.165, 1.54) is 24.4 Å². The number of nitrogens with one attached hydrogen (secondary N) is 1. The second-order valence-electron chi connectivity index (χ2n) is 6.97. The van der Waals surface area contributed by atoms with Crippen LogP contribution in [0.3, 0.4) is 0 Å². The molecule has 4 rings (SSSR count). The van der Waals surface area contributed by atoms with Crippen molar-refractivity contribution in [3.05, 3.63) is 58.6 Å². The molecule has 0 aliphatic carbocycles. The number of amides is 1. The van der Waals surface area contributed by atoms with Crippen LogP contribution in [-0.2, 0) is 0 Å². The molecule has 0 saturated carbocycles. The van der Waals surface area contributed by atoms with Gasteiger partial charge in [0.15, 0.2) is 5.65 Å². The Balaban J connectivity index is 0.00000240. The van der Waals surface area contributed by atoms with Crippen LogP contribution < -0.4 is 5.32 Å². The number of halogens is 3. The molecule has 0 radical (unpaired) electrons. The van der Waals surface area contributed by atoms with E-state index in [0.717, 1.165) is 25.0 Å². The Morgan fingerprint density at radius 2 is 1.93 bits per heavy atom. The van der Waals surface area contributed by atoms with Crippen molar-refractivity contribution >= 4 is 52.3 Å². The summed E-state index contributed by atoms with van der Waals surface area (Å²) in [7, 11) is 0. The van der Waals surface area contributed by atoms with Crippen LogP contribution in [0.15, 0.2) is 36.5 Å². The second kappa shape index (κ2) is 8.93. The molecule has 29 heavy (non-hydrogen) atoms. The lowest BCUT2D eigenvalue weighted by Crippen LogP contribution is -2.36. The van der Waals surface area contributed by atoms with Crippen LogP contribution in [0, 0.1) is 12.7 Å². The quantitative estimate of drug-likeness (QED) is 0.589. The number of carbonyl (C=O) groups excluding carboxylic acids is 1. The zero-order chi connectivity index (χ0) is 19.7. The molecule has 8 heteroatoms. The number of hydrogen-bond acceptors (Lipinski definition) is 4. The van der Waals surface area contributed by atoms with Crippen LogP contribution in [0.2, 0.25) is 5.02 Å². The van der Waals surface area contributed by atoms with Crippen LogP contribution in [0.1, 0.15) is 35.3 Å². The van der Waals surface area contributed by atoms with E-state index in [1.54, 1.807) is 0 Å². The summed E-state index contributed by atoms with van der Waals surface area (Å²) in [6.45, 7) is 3.31. The van der Waals surface area contributed by atoms with Crippen molar-refractivity contribution in [2.24, 2.45) is 0 Å². The third-order valence-corrected chi connectivity index (χ3v) is 5.17. The highest BCUT2D eigenvalue weighted by Gasteiger charge is 2.23. The van der Waals surface area contributed by atoms with Gasteiger partial charge < -0.3 is 10.2 Å². The van der Waals surface area contributed by atoms with Gasteiger partial charge in [-0.05, 0) is 56.5 Å². The Hall–Kier alpha value is -2.44. The number of aromatic nitrogens is 2. The summed E-state index contributed by atoms with van der Waals surface area (Å²) in [6, 6.07) is 7.97. The predicted octanol–water partition coefficient (Wildman–Crippen LogP) is 5.52. The first-order valence-electron chi connectivity index (χ1n) is 9.30. The van der Waals surface area contributed by atoms with Crippen LogP contribution in [-0.4, -0.2) is 33.9 Å². The monoisotopic (exact) mass is 434 g/mol. The minimum absolute atomic E-state index is 0. The van der Waals surface area contributed by atoms with Crippen molar-refractivity contribution in [1.29, 1.82) is 0 Å². The molecule has 5 nitrogen and oxygen atoms in total. The van der Waals surface area contributed by atoms with Gasteiger partial charge in [0.05, 0.1) is 16.9 Å². The number of piperidine rings is 1. The van der Waals surface area contributed by atoms with E-state index in [-0.39, 0.29) is 24.0 Å². The standard InChI is InChI=1S/C21H20ClFN4O.ClH/c1-13-5-7-15-19(26-18-11-14(22)6-8-17(18)23)16(12-24-20(15)25-13)21(28)27-9-3-2-4-10-27;/h5-8,11-12H,2-4,9-10H2,1H3,(H,24,25,26);1H. The molecule has 1 fully saturated rings. The SMILES string of the molecule is Cc1ccc2c(Nc3cc(Cl)ccc3F)c(C(=O)N3CCCCC3)cnc2n1.Cl. The Labute approximate surface area is 179 Å². The lowest BCUT2D eigenvalue weighted by atomic mass is 10.1. The number of likely N-dealkylation sites (tertiary alicyclic amines) is 1. The second-order valence-corrected chi connectivity index (χ2v) is 7.41. The first-order chi connectivity index (χ1) is 13.5. The summed E-state index contributed by atoms with van der Waals surface area (Å²) < 4.78 is 14.4. The molecule has 1 amide bonds. The molecule has 152 valence electrons. The molecule has 1 aliphatic heterocycles. The van der Waals surface area contributed by atoms with E-state index in [2.05, 4.69) is 15.3 Å². The summed E-state index contributed by atoms with van der Waals surface area (Å²) in [5.74, 6) is -0.564. The van der Waals surface area contributed by atoms with Gasteiger partial charge in [-0.3, -0.25) is 4.79 Å². The van der Waals surface area contributed by atoms with Crippen molar-refractivity contribution < 1.29 is 9.18 Å². The zero-order valence-corrected chi connectivity index (χ0v) is 17.5. The highest BCUT2D eigenvalue weighted by Crippen LogP contribution is 2.32. The normalized spacial score (nSPS) is 13.8. The van der Waals surface area contributed by atoms with E-state index in [4.69, 9.17) is 11.6 Å². The Morgan fingerprint density at radius 3 is 2.69 bits per heavy atom. The topological polar surface area (TPSA) is 58.1 Å². The minimum atomic E-state index is -0.453. The lowest BCUT2D eigenvalue weighted by molar-refractivity contribution is 0.0725. The van der Waals surface area contributed by atoms with Crippen LogP contribution in [0.5, 0.6) is 0 Å². The van der Waals surface area contributed by atoms with Crippen molar-refractivity contribution in [2.45, 2.75) is 26.2 Å². The number of benzene rings is 1. The number of nitrogens with zero attached hydrogens (tertiary/aromatic N) is 3. The molecule has 3 heterocycles. The number of fused-ring (bicyclic) bond motifs is 1. The maximum Gasteiger partial charge on any atom is 0.257 e. The molecule has 1 saturated heterocycles. The molecular weight excluding hydrogens is 414 g/mol. The molecule has 0 bridgehead atoms. The number of carbonyl (C=O) groups is 1. The number of pyridine rings is 2. The molecule has 1 aromatic carbocycles. The van der Waals surface area contributed by atoms with Gasteiger partial charge in [-0.1, -0.05) is 11.6 Å². The molecule has 3 aromatic rings. The van der Waals surface area contributed by atoms with Gasteiger partial charge in [-0.25, -0.2) is 14.4 Å². The molecule has 2 aromatic heterocycles. The zero-order valence-electron chi connectivity index (χ0n) is 15.9. The summed E-state index contributed by atoms with van der Waals surface area (Å²) in [5, 5.41) is 4.14. The number of hydrogen-bond donors (Lipinski definition) is 1. The van der Waals surface area contributed by atoms with E-state index >= 15 is 0 Å². The summed E-state index contributed by atoms with van der Waals surface area (Å²) in [4.78, 5) is 23.8. The van der Waals surface area contributed by atoms with Crippen molar-refractivity contribution in [3.8, 4) is 0 Å². The first-order valence-corrected chi connectivity index (χ1v) is 9.68. The van der Waals surface area contributed by atoms with E-state index in [1.807, 2.05) is 24.0 Å². The fourth-order valence-corrected chi connectivity index (χ4v) is 3.64. The maximum absolute atomic E-state index is 14.4. The van der Waals surface area contributed by atoms with Gasteiger partial charge in [0.25, 0.3) is 5.91 Å². The van der Waals surface area contributed by atoms with Gasteiger partial charge in [0, 0.05) is 35.4 Å². The fourth-order valence-electron chi connectivity index (χ4n) is 3.46. The maximum atomic E-state index is 14.4. The average Bonchev–Trinajstić information content (AvgIpc) is 2.71. The minimum Gasteiger partial charge on any atom is -0.352 e. The summed E-state index contributed by atoms with van der Waals surface area (Å²) in [5.41, 5.74) is 2.41. The smallest absolute Gasteiger partial charge is 0.257 e. The van der Waals surface area contributed by atoms with E-state index < -0.39 is 5.82 Å². The molecule has 0 atom stereocenters. The Bertz CT molecular complexity index is 1050. The van der Waals surface area contributed by atoms with Gasteiger partial charge >= 0.3 is 0 Å². The Morgan fingerprint density at radius 1 is 1.17 bits per heavy atom. The third-order valence-electron chi connectivity index (χ3n) is 4.93. The van der Waals surface area contributed by atoms with Crippen LogP contribution in [0.25, 0.3) is 11.0 Å². The van der Waals surface area contributed by atoms with Crippen molar-refractivity contribution in [2.75, 3.05) is 18.4 Å². The van der Waals surface area contributed by atoms with Crippen LogP contribution in [0.4, 0.5) is 15.8 Å². The van der Waals surface area contributed by atoms with Crippen molar-refractivity contribution in [3.63, 3.8) is 0 Å². The number of anilines is 2. The van der Waals surface area contributed by atoms with Gasteiger partial charge in [-0.15, -0.1) is 12.4 Å². The van der Waals surface area contributed by atoms with Crippen LogP contribution >= 0.6 is 24.0 Å². The number of rotatable bonds is 3. The molecular formula is C21H21Cl2FN4O. The van der Waals surface area contributed by atoms with Gasteiger partial charge in [0.1, 0.15) is 5.82 Å². The molecule has 1 aliphatic rings. The third kappa shape index (κ3) is 4.43. The fraction of sp³-hybridized carbons (Fsp3) is 0.286. The van der Waals surface area contributed by atoms with Gasteiger partial charge in [0.2, 0.25) is 0 Å².